The quantitative estimate of drug-likeness (QED) is 0.506. The van der Waals surface area contributed by atoms with E-state index in [-0.39, 0.29) is 0 Å². The van der Waals surface area contributed by atoms with Crippen LogP contribution in [0.15, 0.2) is 12.2 Å². The fourth-order valence-electron chi connectivity index (χ4n) is 1.44. The molecule has 11 heavy (non-hydrogen) atoms. The predicted octanol–water partition coefficient (Wildman–Crippen LogP) is 3.98. The predicted molar refractivity (Wildman–Crippen MR) is 52.4 cm³/mol. The molecule has 0 rings (SSSR count). The zero-order chi connectivity index (χ0) is 8.69. The first-order valence-corrected chi connectivity index (χ1v) is 4.66. The molecule has 0 saturated carbocycles. The highest BCUT2D eigenvalue weighted by Gasteiger charge is 2.01. The third-order valence-corrected chi connectivity index (χ3v) is 1.95. The van der Waals surface area contributed by atoms with Crippen molar-refractivity contribution in [3.8, 4) is 0 Å². The van der Waals surface area contributed by atoms with Gasteiger partial charge in [-0.1, -0.05) is 45.8 Å². The molecule has 0 nitrogen and oxygen atoms in total. The first-order valence-electron chi connectivity index (χ1n) is 4.66. The Morgan fingerprint density at radius 2 is 2.09 bits per heavy atom. The maximum Gasteiger partial charge on any atom is -0.0297 e. The van der Waals surface area contributed by atoms with Gasteiger partial charge in [-0.2, -0.15) is 0 Å². The molecular formula is C11H21. The second-order valence-electron chi connectivity index (χ2n) is 3.45. The fraction of sp³-hybridized carbons (Fsp3) is 0.727. The second-order valence-corrected chi connectivity index (χ2v) is 3.45. The van der Waals surface area contributed by atoms with Gasteiger partial charge in [0.25, 0.3) is 0 Å². The van der Waals surface area contributed by atoms with Crippen molar-refractivity contribution in [2.24, 2.45) is 5.92 Å². The second kappa shape index (κ2) is 6.45. The van der Waals surface area contributed by atoms with Gasteiger partial charge in [0, 0.05) is 0 Å². The third-order valence-electron chi connectivity index (χ3n) is 1.95. The van der Waals surface area contributed by atoms with Gasteiger partial charge >= 0.3 is 0 Å². The molecule has 0 aromatic carbocycles. The minimum absolute atomic E-state index is 0.819. The molecule has 1 unspecified atom stereocenters. The summed E-state index contributed by atoms with van der Waals surface area (Å²) < 4.78 is 0. The minimum Gasteiger partial charge on any atom is -0.0999 e. The lowest BCUT2D eigenvalue weighted by Crippen LogP contribution is -1.95. The summed E-state index contributed by atoms with van der Waals surface area (Å²) in [5.41, 5.74) is 1.38. The van der Waals surface area contributed by atoms with Gasteiger partial charge in [-0.05, 0) is 25.2 Å². The monoisotopic (exact) mass is 153 g/mol. The molecule has 0 aromatic heterocycles. The topological polar surface area (TPSA) is 0 Å². The van der Waals surface area contributed by atoms with Crippen molar-refractivity contribution in [2.75, 3.05) is 0 Å². The first-order chi connectivity index (χ1) is 5.20. The zero-order valence-corrected chi connectivity index (χ0v) is 8.03. The van der Waals surface area contributed by atoms with Crippen molar-refractivity contribution in [1.82, 2.24) is 0 Å². The molecule has 65 valence electrons. The average molecular weight is 153 g/mol. The molecule has 0 heteroatoms. The van der Waals surface area contributed by atoms with Gasteiger partial charge in [0.1, 0.15) is 0 Å². The summed E-state index contributed by atoms with van der Waals surface area (Å²) in [6.45, 7) is 12.4. The van der Waals surface area contributed by atoms with Gasteiger partial charge in [0.2, 0.25) is 0 Å². The van der Waals surface area contributed by atoms with Gasteiger partial charge in [0.15, 0.2) is 0 Å². The first kappa shape index (κ1) is 10.7. The van der Waals surface area contributed by atoms with Crippen LogP contribution in [-0.2, 0) is 0 Å². The smallest absolute Gasteiger partial charge is 0.0297 e. The van der Waals surface area contributed by atoms with E-state index in [9.17, 15) is 0 Å². The van der Waals surface area contributed by atoms with Crippen LogP contribution in [0, 0.1) is 12.8 Å². The molecule has 0 fully saturated rings. The molecule has 0 aliphatic rings. The Bertz CT molecular complexity index is 103. The van der Waals surface area contributed by atoms with E-state index in [1.54, 1.807) is 0 Å². The average Bonchev–Trinajstić information content (AvgIpc) is 1.87. The number of allylic oxidation sites excluding steroid dienone is 1. The Labute approximate surface area is 71.7 Å². The van der Waals surface area contributed by atoms with Crippen molar-refractivity contribution in [2.45, 2.75) is 46.0 Å². The van der Waals surface area contributed by atoms with E-state index in [1.807, 2.05) is 0 Å². The van der Waals surface area contributed by atoms with Crippen LogP contribution in [0.4, 0.5) is 0 Å². The molecule has 0 bridgehead atoms. The summed E-state index contributed by atoms with van der Waals surface area (Å²) in [4.78, 5) is 0. The Morgan fingerprint density at radius 3 is 2.55 bits per heavy atom. The van der Waals surface area contributed by atoms with Gasteiger partial charge in [-0.15, -0.1) is 0 Å². The van der Waals surface area contributed by atoms with Gasteiger partial charge < -0.3 is 0 Å². The van der Waals surface area contributed by atoms with Crippen LogP contribution in [-0.4, -0.2) is 0 Å². The highest BCUT2D eigenvalue weighted by Crippen LogP contribution is 2.17. The normalized spacial score (nSPS) is 13.0. The Hall–Kier alpha value is -0.260. The van der Waals surface area contributed by atoms with E-state index in [2.05, 4.69) is 27.4 Å². The number of hydrogen-bond donors (Lipinski definition) is 0. The zero-order valence-electron chi connectivity index (χ0n) is 8.03. The molecule has 0 aliphatic heterocycles. The summed E-state index contributed by atoms with van der Waals surface area (Å²) in [7, 11) is 0. The molecule has 0 spiro atoms. The summed E-state index contributed by atoms with van der Waals surface area (Å²) >= 11 is 0. The Morgan fingerprint density at radius 1 is 1.45 bits per heavy atom. The van der Waals surface area contributed by atoms with Crippen LogP contribution in [0.3, 0.4) is 0 Å². The molecule has 0 amide bonds. The maximum atomic E-state index is 4.03. The molecular weight excluding hydrogens is 132 g/mol. The van der Waals surface area contributed by atoms with Crippen LogP contribution in [0.1, 0.15) is 46.0 Å². The minimum atomic E-state index is 0.819. The maximum absolute atomic E-state index is 4.03. The highest BCUT2D eigenvalue weighted by atomic mass is 14.1. The lowest BCUT2D eigenvalue weighted by atomic mass is 9.96. The lowest BCUT2D eigenvalue weighted by molar-refractivity contribution is 0.514. The van der Waals surface area contributed by atoms with Gasteiger partial charge in [0.05, 0.1) is 0 Å². The Balaban J connectivity index is 3.40. The SMILES string of the molecule is [CH2]CCC(=C)CC(C)CCC. The highest BCUT2D eigenvalue weighted by molar-refractivity contribution is 4.95. The van der Waals surface area contributed by atoms with Crippen molar-refractivity contribution in [1.29, 1.82) is 0 Å². The standard InChI is InChI=1S/C11H21/c1-5-7-10(3)9-11(4)8-6-2/h11H,1,3,5-9H2,2,4H3. The van der Waals surface area contributed by atoms with E-state index in [0.717, 1.165) is 18.8 Å². The van der Waals surface area contributed by atoms with Crippen molar-refractivity contribution >= 4 is 0 Å². The molecule has 1 radical (unpaired) electrons. The van der Waals surface area contributed by atoms with E-state index in [0.29, 0.717) is 0 Å². The van der Waals surface area contributed by atoms with E-state index < -0.39 is 0 Å². The van der Waals surface area contributed by atoms with Crippen LogP contribution in [0.5, 0.6) is 0 Å². The van der Waals surface area contributed by atoms with Gasteiger partial charge in [-0.25, -0.2) is 0 Å². The largest absolute Gasteiger partial charge is 0.0999 e. The molecule has 0 saturated heterocycles. The summed E-state index contributed by atoms with van der Waals surface area (Å²) in [5, 5.41) is 0. The molecule has 0 heterocycles. The molecule has 1 atom stereocenters. The Kier molecular flexibility index (Phi) is 6.30. The molecule has 0 N–H and O–H groups in total. The molecule has 0 aliphatic carbocycles. The fourth-order valence-corrected chi connectivity index (χ4v) is 1.44. The van der Waals surface area contributed by atoms with Crippen LogP contribution >= 0.6 is 0 Å². The van der Waals surface area contributed by atoms with E-state index >= 15 is 0 Å². The summed E-state index contributed by atoms with van der Waals surface area (Å²) in [6, 6.07) is 0. The van der Waals surface area contributed by atoms with Crippen LogP contribution in [0.2, 0.25) is 0 Å². The van der Waals surface area contributed by atoms with Crippen molar-refractivity contribution in [3.05, 3.63) is 19.1 Å². The van der Waals surface area contributed by atoms with Crippen molar-refractivity contribution in [3.63, 3.8) is 0 Å². The van der Waals surface area contributed by atoms with E-state index in [1.165, 1.54) is 24.8 Å². The molecule has 0 aromatic rings. The van der Waals surface area contributed by atoms with Crippen LogP contribution in [0.25, 0.3) is 0 Å². The summed E-state index contributed by atoms with van der Waals surface area (Å²) in [5.74, 6) is 0.819. The van der Waals surface area contributed by atoms with Gasteiger partial charge in [-0.3, -0.25) is 0 Å². The van der Waals surface area contributed by atoms with Crippen molar-refractivity contribution < 1.29 is 0 Å². The summed E-state index contributed by atoms with van der Waals surface area (Å²) in [6.07, 6.45) is 5.92. The third kappa shape index (κ3) is 6.15. The number of rotatable bonds is 6. The van der Waals surface area contributed by atoms with E-state index in [4.69, 9.17) is 0 Å². The lowest BCUT2D eigenvalue weighted by Gasteiger charge is -2.10. The van der Waals surface area contributed by atoms with Crippen LogP contribution < -0.4 is 0 Å². The number of hydrogen-bond acceptors (Lipinski definition) is 0.